The first-order valence-electron chi connectivity index (χ1n) is 7.47. The first kappa shape index (κ1) is 15.6. The van der Waals surface area contributed by atoms with Crippen molar-refractivity contribution in [2.45, 2.75) is 37.7 Å². The molecule has 4 heteroatoms. The Hall–Kier alpha value is -1.81. The van der Waals surface area contributed by atoms with Crippen LogP contribution >= 0.6 is 0 Å². The van der Waals surface area contributed by atoms with Gasteiger partial charge < -0.3 is 15.2 Å². The van der Waals surface area contributed by atoms with E-state index in [0.29, 0.717) is 24.5 Å². The van der Waals surface area contributed by atoms with E-state index in [2.05, 4.69) is 11.9 Å². The Bertz CT molecular complexity index is 475. The van der Waals surface area contributed by atoms with E-state index in [0.717, 1.165) is 25.7 Å². The number of carbonyl (C=O) groups is 1. The van der Waals surface area contributed by atoms with Gasteiger partial charge in [-0.3, -0.25) is 4.79 Å². The second-order valence-electron chi connectivity index (χ2n) is 5.59. The summed E-state index contributed by atoms with van der Waals surface area (Å²) >= 11 is 0. The number of amides is 1. The third-order valence-electron chi connectivity index (χ3n) is 3.85. The van der Waals surface area contributed by atoms with Gasteiger partial charge in [-0.2, -0.15) is 0 Å². The Balaban J connectivity index is 1.86. The van der Waals surface area contributed by atoms with Crippen molar-refractivity contribution < 1.29 is 14.6 Å². The molecule has 0 radical (unpaired) electrons. The zero-order valence-corrected chi connectivity index (χ0v) is 12.3. The molecule has 114 valence electrons. The van der Waals surface area contributed by atoms with Crippen LogP contribution < -0.4 is 10.1 Å². The van der Waals surface area contributed by atoms with Crippen molar-refractivity contribution in [3.8, 4) is 5.75 Å². The number of hydrogen-bond donors (Lipinski definition) is 2. The van der Waals surface area contributed by atoms with E-state index in [1.807, 2.05) is 0 Å². The molecular formula is C17H23NO3. The van der Waals surface area contributed by atoms with Gasteiger partial charge >= 0.3 is 0 Å². The first-order chi connectivity index (χ1) is 10.1. The Morgan fingerprint density at radius 3 is 2.57 bits per heavy atom. The molecule has 0 unspecified atom stereocenters. The fraction of sp³-hybridized carbons (Fsp3) is 0.471. The van der Waals surface area contributed by atoms with Crippen LogP contribution in [0.2, 0.25) is 0 Å². The summed E-state index contributed by atoms with van der Waals surface area (Å²) in [5, 5.41) is 13.2. The fourth-order valence-corrected chi connectivity index (χ4v) is 2.59. The smallest absolute Gasteiger partial charge is 0.251 e. The highest BCUT2D eigenvalue weighted by molar-refractivity contribution is 5.94. The SMILES string of the molecule is C=CCOc1ccc(C(=O)NCC2(O)CCCCC2)cc1. The Morgan fingerprint density at radius 1 is 1.29 bits per heavy atom. The van der Waals surface area contributed by atoms with Crippen molar-refractivity contribution in [2.75, 3.05) is 13.2 Å². The first-order valence-corrected chi connectivity index (χ1v) is 7.47. The van der Waals surface area contributed by atoms with Crippen molar-refractivity contribution in [1.82, 2.24) is 5.32 Å². The normalized spacial score (nSPS) is 17.0. The van der Waals surface area contributed by atoms with E-state index in [1.165, 1.54) is 6.42 Å². The highest BCUT2D eigenvalue weighted by Gasteiger charge is 2.29. The van der Waals surface area contributed by atoms with Gasteiger partial charge in [0.25, 0.3) is 5.91 Å². The van der Waals surface area contributed by atoms with Crippen LogP contribution in [0.4, 0.5) is 0 Å². The average Bonchev–Trinajstić information content (AvgIpc) is 2.52. The van der Waals surface area contributed by atoms with E-state index in [1.54, 1.807) is 30.3 Å². The van der Waals surface area contributed by atoms with E-state index in [4.69, 9.17) is 4.74 Å². The maximum Gasteiger partial charge on any atom is 0.251 e. The van der Waals surface area contributed by atoms with Crippen LogP contribution in [-0.4, -0.2) is 29.8 Å². The number of rotatable bonds is 6. The lowest BCUT2D eigenvalue weighted by Crippen LogP contribution is -2.44. The van der Waals surface area contributed by atoms with Gasteiger partial charge in [0, 0.05) is 12.1 Å². The summed E-state index contributed by atoms with van der Waals surface area (Å²) in [4.78, 5) is 12.1. The molecule has 2 N–H and O–H groups in total. The number of carbonyl (C=O) groups excluding carboxylic acids is 1. The number of ether oxygens (including phenoxy) is 1. The fourth-order valence-electron chi connectivity index (χ4n) is 2.59. The zero-order valence-electron chi connectivity index (χ0n) is 12.3. The summed E-state index contributed by atoms with van der Waals surface area (Å²) in [6.45, 7) is 4.35. The molecule has 1 aromatic carbocycles. The monoisotopic (exact) mass is 289 g/mol. The lowest BCUT2D eigenvalue weighted by molar-refractivity contribution is 0.00525. The summed E-state index contributed by atoms with van der Waals surface area (Å²) in [6, 6.07) is 6.96. The van der Waals surface area contributed by atoms with Crippen LogP contribution in [0.1, 0.15) is 42.5 Å². The van der Waals surface area contributed by atoms with Crippen molar-refractivity contribution >= 4 is 5.91 Å². The molecule has 1 aliphatic carbocycles. The van der Waals surface area contributed by atoms with Crippen molar-refractivity contribution in [2.24, 2.45) is 0 Å². The van der Waals surface area contributed by atoms with E-state index in [-0.39, 0.29) is 5.91 Å². The van der Waals surface area contributed by atoms with Gasteiger partial charge in [0.1, 0.15) is 12.4 Å². The van der Waals surface area contributed by atoms with E-state index >= 15 is 0 Å². The Morgan fingerprint density at radius 2 is 1.95 bits per heavy atom. The van der Waals surface area contributed by atoms with Crippen LogP contribution in [0.3, 0.4) is 0 Å². The van der Waals surface area contributed by atoms with Gasteiger partial charge in [-0.25, -0.2) is 0 Å². The summed E-state index contributed by atoms with van der Waals surface area (Å²) in [7, 11) is 0. The molecule has 1 amide bonds. The average molecular weight is 289 g/mol. The second kappa shape index (κ2) is 7.27. The van der Waals surface area contributed by atoms with E-state index < -0.39 is 5.60 Å². The molecule has 0 heterocycles. The topological polar surface area (TPSA) is 58.6 Å². The molecule has 2 rings (SSSR count). The molecule has 0 bridgehead atoms. The molecular weight excluding hydrogens is 266 g/mol. The highest BCUT2D eigenvalue weighted by Crippen LogP contribution is 2.27. The molecule has 0 saturated heterocycles. The Kier molecular flexibility index (Phi) is 5.39. The third-order valence-corrected chi connectivity index (χ3v) is 3.85. The molecule has 21 heavy (non-hydrogen) atoms. The largest absolute Gasteiger partial charge is 0.490 e. The maximum absolute atomic E-state index is 12.1. The minimum Gasteiger partial charge on any atom is -0.490 e. The number of aliphatic hydroxyl groups is 1. The molecule has 1 saturated carbocycles. The van der Waals surface area contributed by atoms with Gasteiger partial charge in [0.15, 0.2) is 0 Å². The summed E-state index contributed by atoms with van der Waals surface area (Å²) in [5.41, 5.74) is -0.165. The Labute approximate surface area is 125 Å². The third kappa shape index (κ3) is 4.60. The van der Waals surface area contributed by atoms with Crippen LogP contribution in [0, 0.1) is 0 Å². The van der Waals surface area contributed by atoms with E-state index in [9.17, 15) is 9.90 Å². The molecule has 4 nitrogen and oxygen atoms in total. The molecule has 0 atom stereocenters. The van der Waals surface area contributed by atoms with Crippen LogP contribution in [-0.2, 0) is 0 Å². The predicted octanol–water partition coefficient (Wildman–Crippen LogP) is 2.68. The van der Waals surface area contributed by atoms with Crippen molar-refractivity contribution in [3.63, 3.8) is 0 Å². The van der Waals surface area contributed by atoms with Crippen LogP contribution in [0.25, 0.3) is 0 Å². The molecule has 1 aliphatic rings. The highest BCUT2D eigenvalue weighted by atomic mass is 16.5. The van der Waals surface area contributed by atoms with Gasteiger partial charge in [0.2, 0.25) is 0 Å². The van der Waals surface area contributed by atoms with Gasteiger partial charge in [-0.05, 0) is 37.1 Å². The second-order valence-corrected chi connectivity index (χ2v) is 5.59. The minimum atomic E-state index is -0.735. The maximum atomic E-state index is 12.1. The lowest BCUT2D eigenvalue weighted by Gasteiger charge is -2.32. The van der Waals surface area contributed by atoms with Gasteiger partial charge in [-0.1, -0.05) is 31.9 Å². The van der Waals surface area contributed by atoms with Gasteiger partial charge in [0.05, 0.1) is 5.60 Å². The lowest BCUT2D eigenvalue weighted by atomic mass is 9.85. The zero-order chi connectivity index (χ0) is 15.1. The summed E-state index contributed by atoms with van der Waals surface area (Å²) < 4.78 is 5.37. The molecule has 0 aromatic heterocycles. The number of benzene rings is 1. The molecule has 1 aromatic rings. The quantitative estimate of drug-likeness (QED) is 0.792. The summed E-state index contributed by atoms with van der Waals surface area (Å²) in [6.07, 6.45) is 6.43. The predicted molar refractivity (Wildman–Crippen MR) is 82.5 cm³/mol. The standard InChI is InChI=1S/C17H23NO3/c1-2-12-21-15-8-6-14(7-9-15)16(19)18-13-17(20)10-4-3-5-11-17/h2,6-9,20H,1,3-5,10-13H2,(H,18,19). The van der Waals surface area contributed by atoms with Gasteiger partial charge in [-0.15, -0.1) is 0 Å². The summed E-state index contributed by atoms with van der Waals surface area (Å²) in [5.74, 6) is 0.543. The minimum absolute atomic E-state index is 0.163. The van der Waals surface area contributed by atoms with Crippen LogP contribution in [0.5, 0.6) is 5.75 Å². The molecule has 0 aliphatic heterocycles. The number of hydrogen-bond acceptors (Lipinski definition) is 3. The number of nitrogens with one attached hydrogen (secondary N) is 1. The molecule has 1 fully saturated rings. The van der Waals surface area contributed by atoms with Crippen molar-refractivity contribution in [1.29, 1.82) is 0 Å². The van der Waals surface area contributed by atoms with Crippen molar-refractivity contribution in [3.05, 3.63) is 42.5 Å². The molecule has 0 spiro atoms. The van der Waals surface area contributed by atoms with Crippen LogP contribution in [0.15, 0.2) is 36.9 Å².